The van der Waals surface area contributed by atoms with E-state index in [1.54, 1.807) is 16.9 Å². The fourth-order valence-electron chi connectivity index (χ4n) is 2.72. The van der Waals surface area contributed by atoms with Gasteiger partial charge in [0.1, 0.15) is 11.3 Å². The zero-order chi connectivity index (χ0) is 15.7. The van der Waals surface area contributed by atoms with Crippen molar-refractivity contribution < 1.29 is 4.42 Å². The van der Waals surface area contributed by atoms with Crippen molar-refractivity contribution >= 4 is 11.0 Å². The Morgan fingerprint density at radius 2 is 1.86 bits per heavy atom. The average molecular weight is 301 g/mol. The van der Waals surface area contributed by atoms with Crippen molar-refractivity contribution in [1.82, 2.24) is 14.1 Å². The number of hydrogen-bond donors (Lipinski definition) is 1. The highest BCUT2D eigenvalue weighted by Gasteiger charge is 2.16. The highest BCUT2D eigenvalue weighted by Crippen LogP contribution is 2.22. The van der Waals surface area contributed by atoms with Gasteiger partial charge in [-0.2, -0.15) is 0 Å². The molecule has 0 unspecified atom stereocenters. The Labute approximate surface area is 127 Å². The van der Waals surface area contributed by atoms with Crippen molar-refractivity contribution in [3.8, 4) is 11.5 Å². The minimum Gasteiger partial charge on any atom is -0.463 e. The number of aryl methyl sites for hydroxylation is 1. The number of aromatic amines is 1. The van der Waals surface area contributed by atoms with E-state index in [4.69, 9.17) is 4.42 Å². The van der Waals surface area contributed by atoms with Crippen molar-refractivity contribution in [3.63, 3.8) is 0 Å². The minimum absolute atomic E-state index is 0.244. The highest BCUT2D eigenvalue weighted by molar-refractivity contribution is 5.81. The van der Waals surface area contributed by atoms with E-state index in [0.717, 1.165) is 12.8 Å². The molecule has 1 N–H and O–H groups in total. The molecule has 0 bridgehead atoms. The predicted molar refractivity (Wildman–Crippen MR) is 85.1 cm³/mol. The average Bonchev–Trinajstić information content (AvgIpc) is 3.16. The monoisotopic (exact) mass is 301 g/mol. The standard InChI is InChI=1S/C16H19N3O3/c1-3-7-18-12-10-11(13-6-5-9-22-13)17-14(12)15(20)19(8-4-2)16(18)21/h5-6,9-10,17H,3-4,7-8H2,1-2H3. The lowest BCUT2D eigenvalue weighted by Gasteiger charge is -2.10. The van der Waals surface area contributed by atoms with Gasteiger partial charge in [-0.05, 0) is 31.0 Å². The molecule has 3 rings (SSSR count). The van der Waals surface area contributed by atoms with Crippen molar-refractivity contribution in [3.05, 3.63) is 45.3 Å². The summed E-state index contributed by atoms with van der Waals surface area (Å²) in [6.45, 7) is 4.96. The van der Waals surface area contributed by atoms with Crippen LogP contribution in [0, 0.1) is 0 Å². The second-order valence-corrected chi connectivity index (χ2v) is 5.31. The molecule has 0 spiro atoms. The van der Waals surface area contributed by atoms with E-state index in [1.807, 2.05) is 26.0 Å². The van der Waals surface area contributed by atoms with Gasteiger partial charge in [-0.3, -0.25) is 13.9 Å². The van der Waals surface area contributed by atoms with E-state index in [2.05, 4.69) is 4.98 Å². The van der Waals surface area contributed by atoms with Gasteiger partial charge in [-0.25, -0.2) is 4.79 Å². The number of nitrogens with one attached hydrogen (secondary N) is 1. The van der Waals surface area contributed by atoms with Gasteiger partial charge in [0.25, 0.3) is 5.56 Å². The Balaban J connectivity index is 2.33. The van der Waals surface area contributed by atoms with Gasteiger partial charge in [-0.1, -0.05) is 13.8 Å². The first-order chi connectivity index (χ1) is 10.7. The Morgan fingerprint density at radius 3 is 2.50 bits per heavy atom. The lowest BCUT2D eigenvalue weighted by molar-refractivity contribution is 0.558. The molecule has 0 amide bonds. The molecule has 3 heterocycles. The van der Waals surface area contributed by atoms with Gasteiger partial charge in [0, 0.05) is 13.1 Å². The number of aromatic nitrogens is 3. The Morgan fingerprint density at radius 1 is 1.14 bits per heavy atom. The maximum atomic E-state index is 12.6. The summed E-state index contributed by atoms with van der Waals surface area (Å²) in [4.78, 5) is 28.2. The SMILES string of the molecule is CCCn1c(=O)c2[nH]c(-c3ccco3)cc2n(CCC)c1=O. The van der Waals surface area contributed by atoms with Crippen LogP contribution < -0.4 is 11.2 Å². The first-order valence-corrected chi connectivity index (χ1v) is 7.57. The molecule has 0 aromatic carbocycles. The minimum atomic E-state index is -0.271. The molecule has 0 saturated carbocycles. The smallest absolute Gasteiger partial charge is 0.331 e. The predicted octanol–water partition coefficient (Wildman–Crippen LogP) is 2.57. The molecule has 6 heteroatoms. The van der Waals surface area contributed by atoms with E-state index in [0.29, 0.717) is 35.6 Å². The van der Waals surface area contributed by atoms with Crippen LogP contribution in [-0.4, -0.2) is 14.1 Å². The largest absolute Gasteiger partial charge is 0.463 e. The zero-order valence-corrected chi connectivity index (χ0v) is 12.8. The van der Waals surface area contributed by atoms with Crippen LogP contribution in [0.3, 0.4) is 0 Å². The second-order valence-electron chi connectivity index (χ2n) is 5.31. The molecule has 3 aromatic rings. The molecular formula is C16H19N3O3. The van der Waals surface area contributed by atoms with Crippen LogP contribution in [0.15, 0.2) is 38.5 Å². The molecule has 0 aliphatic rings. The van der Waals surface area contributed by atoms with Crippen molar-refractivity contribution in [1.29, 1.82) is 0 Å². The molecule has 0 saturated heterocycles. The summed E-state index contributed by atoms with van der Waals surface area (Å²) in [6, 6.07) is 5.41. The Kier molecular flexibility index (Phi) is 3.75. The van der Waals surface area contributed by atoms with Gasteiger partial charge in [0.2, 0.25) is 0 Å². The number of nitrogens with zero attached hydrogens (tertiary/aromatic N) is 2. The number of H-pyrrole nitrogens is 1. The zero-order valence-electron chi connectivity index (χ0n) is 12.8. The number of fused-ring (bicyclic) bond motifs is 1. The van der Waals surface area contributed by atoms with E-state index < -0.39 is 0 Å². The maximum absolute atomic E-state index is 12.6. The van der Waals surface area contributed by atoms with Crippen LogP contribution in [0.5, 0.6) is 0 Å². The summed E-state index contributed by atoms with van der Waals surface area (Å²) in [5.41, 5.74) is 1.28. The summed E-state index contributed by atoms with van der Waals surface area (Å²) in [7, 11) is 0. The molecule has 0 aliphatic heterocycles. The van der Waals surface area contributed by atoms with Crippen LogP contribution in [0.25, 0.3) is 22.5 Å². The molecule has 0 fully saturated rings. The van der Waals surface area contributed by atoms with E-state index in [9.17, 15) is 9.59 Å². The first kappa shape index (κ1) is 14.4. The Bertz CT molecular complexity index is 897. The second kappa shape index (κ2) is 5.71. The summed E-state index contributed by atoms with van der Waals surface area (Å²) >= 11 is 0. The summed E-state index contributed by atoms with van der Waals surface area (Å²) < 4.78 is 8.34. The van der Waals surface area contributed by atoms with Crippen LogP contribution in [0.2, 0.25) is 0 Å². The summed E-state index contributed by atoms with van der Waals surface area (Å²) in [6.07, 6.45) is 3.13. The van der Waals surface area contributed by atoms with E-state index in [-0.39, 0.29) is 11.2 Å². The van der Waals surface area contributed by atoms with Crippen molar-refractivity contribution in [2.24, 2.45) is 0 Å². The van der Waals surface area contributed by atoms with Crippen molar-refractivity contribution in [2.75, 3.05) is 0 Å². The summed E-state index contributed by atoms with van der Waals surface area (Å²) in [5.74, 6) is 0.646. The van der Waals surface area contributed by atoms with Gasteiger partial charge < -0.3 is 9.40 Å². The lowest BCUT2D eigenvalue weighted by atomic mass is 10.3. The van der Waals surface area contributed by atoms with Gasteiger partial charge in [-0.15, -0.1) is 0 Å². The molecular weight excluding hydrogens is 282 g/mol. The van der Waals surface area contributed by atoms with Gasteiger partial charge in [0.05, 0.1) is 17.5 Å². The van der Waals surface area contributed by atoms with Crippen molar-refractivity contribution in [2.45, 2.75) is 39.8 Å². The molecule has 0 aliphatic carbocycles. The number of furan rings is 1. The molecule has 6 nitrogen and oxygen atoms in total. The first-order valence-electron chi connectivity index (χ1n) is 7.57. The lowest BCUT2D eigenvalue weighted by Crippen LogP contribution is -2.39. The highest BCUT2D eigenvalue weighted by atomic mass is 16.3. The normalized spacial score (nSPS) is 11.4. The molecule has 116 valence electrons. The molecule has 0 atom stereocenters. The quantitative estimate of drug-likeness (QED) is 0.787. The topological polar surface area (TPSA) is 72.9 Å². The summed E-state index contributed by atoms with van der Waals surface area (Å²) in [5, 5.41) is 0. The maximum Gasteiger partial charge on any atom is 0.331 e. The molecule has 3 aromatic heterocycles. The van der Waals surface area contributed by atoms with Gasteiger partial charge in [0.15, 0.2) is 0 Å². The molecule has 22 heavy (non-hydrogen) atoms. The molecule has 0 radical (unpaired) electrons. The number of rotatable bonds is 5. The van der Waals surface area contributed by atoms with Crippen LogP contribution in [0.1, 0.15) is 26.7 Å². The van der Waals surface area contributed by atoms with Gasteiger partial charge >= 0.3 is 5.69 Å². The Hall–Kier alpha value is -2.50. The van der Waals surface area contributed by atoms with Crippen LogP contribution in [-0.2, 0) is 13.1 Å². The van der Waals surface area contributed by atoms with E-state index >= 15 is 0 Å². The van der Waals surface area contributed by atoms with Crippen LogP contribution >= 0.6 is 0 Å². The van der Waals surface area contributed by atoms with E-state index in [1.165, 1.54) is 4.57 Å². The fourth-order valence-corrected chi connectivity index (χ4v) is 2.72. The third-order valence-corrected chi connectivity index (χ3v) is 3.69. The third-order valence-electron chi connectivity index (χ3n) is 3.69. The number of hydrogen-bond acceptors (Lipinski definition) is 3. The third kappa shape index (κ3) is 2.20. The van der Waals surface area contributed by atoms with Crippen LogP contribution in [0.4, 0.5) is 0 Å². The fraction of sp³-hybridized carbons (Fsp3) is 0.375.